The van der Waals surface area contributed by atoms with E-state index >= 15 is 0 Å². The van der Waals surface area contributed by atoms with E-state index in [-0.39, 0.29) is 5.91 Å². The van der Waals surface area contributed by atoms with Crippen molar-refractivity contribution in [2.24, 2.45) is 0 Å². The molecule has 1 atom stereocenters. The van der Waals surface area contributed by atoms with Gasteiger partial charge in [-0.25, -0.2) is 0 Å². The third kappa shape index (κ3) is 3.78. The molecule has 1 aromatic heterocycles. The predicted octanol–water partition coefficient (Wildman–Crippen LogP) is 2.14. The number of hydrogen-bond acceptors (Lipinski definition) is 3. The molecule has 0 aromatic carbocycles. The summed E-state index contributed by atoms with van der Waals surface area (Å²) >= 11 is 3.29. The smallest absolute Gasteiger partial charge is 0.252 e. The molecule has 1 N–H and O–H groups in total. The lowest BCUT2D eigenvalue weighted by atomic mass is 10.2. The van der Waals surface area contributed by atoms with Crippen LogP contribution in [0.25, 0.3) is 0 Å². The molecule has 92 valence electrons. The summed E-state index contributed by atoms with van der Waals surface area (Å²) in [5.41, 5.74) is 0.576. The number of hydrogen-bond donors (Lipinski definition) is 1. The van der Waals surface area contributed by atoms with Crippen LogP contribution in [0.3, 0.4) is 0 Å². The van der Waals surface area contributed by atoms with Gasteiger partial charge in [-0.1, -0.05) is 0 Å². The second-order valence-electron chi connectivity index (χ2n) is 4.07. The SMILES string of the molecule is O=C(NCCC1CCCO1)c1cncc(Br)c1. The molecule has 1 aromatic rings. The summed E-state index contributed by atoms with van der Waals surface area (Å²) in [5.74, 6) is -0.0863. The van der Waals surface area contributed by atoms with Crippen LogP contribution in [-0.2, 0) is 4.74 Å². The lowest BCUT2D eigenvalue weighted by molar-refractivity contribution is 0.0907. The highest BCUT2D eigenvalue weighted by atomic mass is 79.9. The highest BCUT2D eigenvalue weighted by Crippen LogP contribution is 2.14. The van der Waals surface area contributed by atoms with Crippen molar-refractivity contribution in [2.45, 2.75) is 25.4 Å². The maximum absolute atomic E-state index is 11.8. The first kappa shape index (κ1) is 12.5. The molecule has 5 heteroatoms. The summed E-state index contributed by atoms with van der Waals surface area (Å²) < 4.78 is 6.30. The molecule has 0 aliphatic carbocycles. The number of halogens is 1. The summed E-state index contributed by atoms with van der Waals surface area (Å²) in [6.07, 6.45) is 6.65. The number of ether oxygens (including phenoxy) is 1. The molecule has 1 aliphatic rings. The highest BCUT2D eigenvalue weighted by Gasteiger charge is 2.15. The third-order valence-electron chi connectivity index (χ3n) is 2.74. The Labute approximate surface area is 109 Å². The monoisotopic (exact) mass is 298 g/mol. The second-order valence-corrected chi connectivity index (χ2v) is 4.99. The fourth-order valence-corrected chi connectivity index (χ4v) is 2.22. The number of carbonyl (C=O) groups is 1. The van der Waals surface area contributed by atoms with Gasteiger partial charge >= 0.3 is 0 Å². The Bertz CT molecular complexity index is 392. The molecule has 2 rings (SSSR count). The molecular weight excluding hydrogens is 284 g/mol. The molecule has 1 unspecified atom stereocenters. The van der Waals surface area contributed by atoms with Gasteiger partial charge in [-0.15, -0.1) is 0 Å². The summed E-state index contributed by atoms with van der Waals surface area (Å²) in [6, 6.07) is 1.76. The first-order chi connectivity index (χ1) is 8.25. The van der Waals surface area contributed by atoms with Gasteiger partial charge in [-0.05, 0) is 41.3 Å². The third-order valence-corrected chi connectivity index (χ3v) is 3.18. The summed E-state index contributed by atoms with van der Waals surface area (Å²) in [7, 11) is 0. The first-order valence-electron chi connectivity index (χ1n) is 5.76. The minimum Gasteiger partial charge on any atom is -0.378 e. The molecule has 1 aliphatic heterocycles. The molecule has 0 saturated carbocycles. The average Bonchev–Trinajstić information content (AvgIpc) is 2.82. The van der Waals surface area contributed by atoms with E-state index in [1.54, 1.807) is 18.5 Å². The predicted molar refractivity (Wildman–Crippen MR) is 67.9 cm³/mol. The summed E-state index contributed by atoms with van der Waals surface area (Å²) in [5, 5.41) is 2.87. The van der Waals surface area contributed by atoms with Gasteiger partial charge in [-0.2, -0.15) is 0 Å². The van der Waals surface area contributed by atoms with Gasteiger partial charge in [0.05, 0.1) is 11.7 Å². The van der Waals surface area contributed by atoms with Crippen molar-refractivity contribution >= 4 is 21.8 Å². The van der Waals surface area contributed by atoms with Crippen LogP contribution < -0.4 is 5.32 Å². The van der Waals surface area contributed by atoms with Gasteiger partial charge < -0.3 is 10.1 Å². The quantitative estimate of drug-likeness (QED) is 0.926. The van der Waals surface area contributed by atoms with E-state index in [0.29, 0.717) is 18.2 Å². The van der Waals surface area contributed by atoms with Crippen LogP contribution >= 0.6 is 15.9 Å². The van der Waals surface area contributed by atoms with Gasteiger partial charge in [0.2, 0.25) is 0 Å². The van der Waals surface area contributed by atoms with Gasteiger partial charge in [0.1, 0.15) is 0 Å². The van der Waals surface area contributed by atoms with Crippen molar-refractivity contribution in [1.82, 2.24) is 10.3 Å². The molecular formula is C12H15BrN2O2. The van der Waals surface area contributed by atoms with Crippen LogP contribution in [0.2, 0.25) is 0 Å². The molecule has 4 nitrogen and oxygen atoms in total. The second kappa shape index (κ2) is 6.12. The number of aromatic nitrogens is 1. The zero-order valence-electron chi connectivity index (χ0n) is 9.49. The zero-order chi connectivity index (χ0) is 12.1. The highest BCUT2D eigenvalue weighted by molar-refractivity contribution is 9.10. The van der Waals surface area contributed by atoms with E-state index in [1.165, 1.54) is 0 Å². The van der Waals surface area contributed by atoms with E-state index in [4.69, 9.17) is 4.74 Å². The largest absolute Gasteiger partial charge is 0.378 e. The van der Waals surface area contributed by atoms with E-state index in [2.05, 4.69) is 26.2 Å². The topological polar surface area (TPSA) is 51.2 Å². The standard InChI is InChI=1S/C12H15BrN2O2/c13-10-6-9(7-14-8-10)12(16)15-4-3-11-2-1-5-17-11/h6-8,11H,1-5H2,(H,15,16). The number of nitrogens with one attached hydrogen (secondary N) is 1. The fourth-order valence-electron chi connectivity index (χ4n) is 1.86. The molecule has 0 bridgehead atoms. The Kier molecular flexibility index (Phi) is 4.50. The van der Waals surface area contributed by atoms with Crippen molar-refractivity contribution in [3.8, 4) is 0 Å². The number of amides is 1. The van der Waals surface area contributed by atoms with Gasteiger partial charge in [0, 0.05) is 30.0 Å². The van der Waals surface area contributed by atoms with Crippen LogP contribution in [-0.4, -0.2) is 30.1 Å². The van der Waals surface area contributed by atoms with E-state index < -0.39 is 0 Å². The average molecular weight is 299 g/mol. The van der Waals surface area contributed by atoms with Crippen molar-refractivity contribution < 1.29 is 9.53 Å². The Morgan fingerprint density at radius 1 is 1.59 bits per heavy atom. The summed E-state index contributed by atoms with van der Waals surface area (Å²) in [4.78, 5) is 15.7. The van der Waals surface area contributed by atoms with Gasteiger partial charge in [0.15, 0.2) is 0 Å². The normalized spacial score (nSPS) is 19.2. The molecule has 1 fully saturated rings. The van der Waals surface area contributed by atoms with Crippen molar-refractivity contribution in [3.05, 3.63) is 28.5 Å². The van der Waals surface area contributed by atoms with Crippen LogP contribution in [0.15, 0.2) is 22.9 Å². The van der Waals surface area contributed by atoms with Crippen LogP contribution in [0.4, 0.5) is 0 Å². The Hall–Kier alpha value is -0.940. The van der Waals surface area contributed by atoms with Crippen LogP contribution in [0.5, 0.6) is 0 Å². The molecule has 1 saturated heterocycles. The first-order valence-corrected chi connectivity index (χ1v) is 6.55. The number of nitrogens with zero attached hydrogens (tertiary/aromatic N) is 1. The Morgan fingerprint density at radius 3 is 3.18 bits per heavy atom. The van der Waals surface area contributed by atoms with E-state index in [0.717, 1.165) is 30.3 Å². The zero-order valence-corrected chi connectivity index (χ0v) is 11.1. The number of carbonyl (C=O) groups excluding carboxylic acids is 1. The minimum absolute atomic E-state index is 0.0863. The van der Waals surface area contributed by atoms with Crippen molar-refractivity contribution in [3.63, 3.8) is 0 Å². The van der Waals surface area contributed by atoms with Gasteiger partial charge in [-0.3, -0.25) is 9.78 Å². The van der Waals surface area contributed by atoms with Crippen molar-refractivity contribution in [1.29, 1.82) is 0 Å². The molecule has 2 heterocycles. The Balaban J connectivity index is 1.77. The maximum Gasteiger partial charge on any atom is 0.252 e. The number of pyridine rings is 1. The van der Waals surface area contributed by atoms with Crippen LogP contribution in [0.1, 0.15) is 29.6 Å². The fraction of sp³-hybridized carbons (Fsp3) is 0.500. The Morgan fingerprint density at radius 2 is 2.47 bits per heavy atom. The molecule has 1 amide bonds. The van der Waals surface area contributed by atoms with E-state index in [9.17, 15) is 4.79 Å². The van der Waals surface area contributed by atoms with E-state index in [1.807, 2.05) is 0 Å². The minimum atomic E-state index is -0.0863. The summed E-state index contributed by atoms with van der Waals surface area (Å²) in [6.45, 7) is 1.50. The molecule has 17 heavy (non-hydrogen) atoms. The maximum atomic E-state index is 11.8. The lowest BCUT2D eigenvalue weighted by Crippen LogP contribution is -2.27. The van der Waals surface area contributed by atoms with Crippen LogP contribution in [0, 0.1) is 0 Å². The van der Waals surface area contributed by atoms with Crippen molar-refractivity contribution in [2.75, 3.05) is 13.2 Å². The van der Waals surface area contributed by atoms with Gasteiger partial charge in [0.25, 0.3) is 5.91 Å². The molecule has 0 radical (unpaired) electrons. The number of rotatable bonds is 4. The molecule has 0 spiro atoms. The lowest BCUT2D eigenvalue weighted by Gasteiger charge is -2.10.